The minimum absolute atomic E-state index is 0.719. The van der Waals surface area contributed by atoms with E-state index in [2.05, 4.69) is 53.4 Å². The van der Waals surface area contributed by atoms with Gasteiger partial charge in [0.1, 0.15) is 0 Å². The van der Waals surface area contributed by atoms with Gasteiger partial charge in [0.25, 0.3) is 0 Å². The van der Waals surface area contributed by atoms with Crippen LogP contribution in [0.3, 0.4) is 0 Å². The summed E-state index contributed by atoms with van der Waals surface area (Å²) in [6.45, 7) is 6.90. The number of para-hydroxylation sites is 1. The van der Waals surface area contributed by atoms with E-state index >= 15 is 0 Å². The highest BCUT2D eigenvalue weighted by Gasteiger charge is 2.07. The van der Waals surface area contributed by atoms with Crippen LogP contribution in [0.25, 0.3) is 10.9 Å². The van der Waals surface area contributed by atoms with Crippen molar-refractivity contribution in [2.75, 3.05) is 0 Å². The minimum atomic E-state index is 0.719. The summed E-state index contributed by atoms with van der Waals surface area (Å²) in [5.41, 5.74) is 5.60. The SMILES string of the molecule is Cc1cc(C)nc(Cn2nc(C)c3ccccc32)c1. The van der Waals surface area contributed by atoms with Crippen LogP contribution in [0.5, 0.6) is 0 Å². The number of aryl methyl sites for hydroxylation is 3. The Morgan fingerprint density at radius 3 is 2.63 bits per heavy atom. The van der Waals surface area contributed by atoms with Gasteiger partial charge in [-0.15, -0.1) is 0 Å². The molecule has 0 aliphatic carbocycles. The Hall–Kier alpha value is -2.16. The Bertz CT molecular complexity index is 721. The van der Waals surface area contributed by atoms with Crippen molar-refractivity contribution < 1.29 is 0 Å². The first-order valence-corrected chi connectivity index (χ1v) is 6.50. The monoisotopic (exact) mass is 251 g/mol. The van der Waals surface area contributed by atoms with Crippen molar-refractivity contribution in [1.29, 1.82) is 0 Å². The summed E-state index contributed by atoms with van der Waals surface area (Å²) in [7, 11) is 0. The lowest BCUT2D eigenvalue weighted by molar-refractivity contribution is 0.686. The van der Waals surface area contributed by atoms with Crippen molar-refractivity contribution in [3.05, 3.63) is 59.0 Å². The second-order valence-corrected chi connectivity index (χ2v) is 5.04. The third-order valence-electron chi connectivity index (χ3n) is 3.31. The number of benzene rings is 1. The van der Waals surface area contributed by atoms with Gasteiger partial charge >= 0.3 is 0 Å². The van der Waals surface area contributed by atoms with Gasteiger partial charge in [0.2, 0.25) is 0 Å². The summed E-state index contributed by atoms with van der Waals surface area (Å²) in [6, 6.07) is 12.5. The van der Waals surface area contributed by atoms with E-state index in [4.69, 9.17) is 0 Å². The number of fused-ring (bicyclic) bond motifs is 1. The number of aromatic nitrogens is 3. The maximum Gasteiger partial charge on any atom is 0.0838 e. The molecule has 0 radical (unpaired) electrons. The highest BCUT2D eigenvalue weighted by Crippen LogP contribution is 2.18. The Morgan fingerprint density at radius 1 is 1.05 bits per heavy atom. The van der Waals surface area contributed by atoms with Crippen LogP contribution in [0.15, 0.2) is 36.4 Å². The Morgan fingerprint density at radius 2 is 1.84 bits per heavy atom. The molecule has 3 aromatic rings. The molecule has 0 aliphatic heterocycles. The zero-order valence-electron chi connectivity index (χ0n) is 11.5. The molecule has 0 aliphatic rings. The smallest absolute Gasteiger partial charge is 0.0838 e. The largest absolute Gasteiger partial charge is 0.259 e. The number of hydrogen-bond acceptors (Lipinski definition) is 2. The summed E-state index contributed by atoms with van der Waals surface area (Å²) < 4.78 is 2.03. The second-order valence-electron chi connectivity index (χ2n) is 5.04. The molecule has 0 saturated carbocycles. The van der Waals surface area contributed by atoms with E-state index in [1.807, 2.05) is 18.5 Å². The van der Waals surface area contributed by atoms with Gasteiger partial charge < -0.3 is 0 Å². The van der Waals surface area contributed by atoms with Crippen molar-refractivity contribution in [2.24, 2.45) is 0 Å². The van der Waals surface area contributed by atoms with Gasteiger partial charge in [0, 0.05) is 11.1 Å². The summed E-state index contributed by atoms with van der Waals surface area (Å²) in [4.78, 5) is 4.58. The minimum Gasteiger partial charge on any atom is -0.259 e. The van der Waals surface area contributed by atoms with Crippen molar-refractivity contribution in [3.8, 4) is 0 Å². The first-order valence-electron chi connectivity index (χ1n) is 6.50. The Kier molecular flexibility index (Phi) is 2.82. The predicted octanol–water partition coefficient (Wildman–Crippen LogP) is 3.40. The Balaban J connectivity index is 2.06. The highest BCUT2D eigenvalue weighted by atomic mass is 15.3. The first-order chi connectivity index (χ1) is 9.13. The number of rotatable bonds is 2. The van der Waals surface area contributed by atoms with Gasteiger partial charge in [-0.05, 0) is 44.5 Å². The lowest BCUT2D eigenvalue weighted by Crippen LogP contribution is -2.04. The van der Waals surface area contributed by atoms with Gasteiger partial charge in [0.05, 0.1) is 23.4 Å². The van der Waals surface area contributed by atoms with Crippen LogP contribution < -0.4 is 0 Å². The highest BCUT2D eigenvalue weighted by molar-refractivity contribution is 5.81. The molecule has 0 unspecified atom stereocenters. The molecule has 3 nitrogen and oxygen atoms in total. The van der Waals surface area contributed by atoms with E-state index in [9.17, 15) is 0 Å². The molecule has 3 heteroatoms. The molecule has 2 aromatic heterocycles. The molecular weight excluding hydrogens is 234 g/mol. The van der Waals surface area contributed by atoms with Crippen molar-refractivity contribution in [3.63, 3.8) is 0 Å². The van der Waals surface area contributed by atoms with Crippen molar-refractivity contribution in [2.45, 2.75) is 27.3 Å². The molecule has 0 atom stereocenters. The molecule has 0 amide bonds. The van der Waals surface area contributed by atoms with E-state index in [-0.39, 0.29) is 0 Å². The Labute approximate surface area is 112 Å². The maximum absolute atomic E-state index is 4.62. The van der Waals surface area contributed by atoms with Crippen LogP contribution in [0.4, 0.5) is 0 Å². The van der Waals surface area contributed by atoms with E-state index in [1.165, 1.54) is 16.5 Å². The molecule has 0 saturated heterocycles. The summed E-state index contributed by atoms with van der Waals surface area (Å²) >= 11 is 0. The molecule has 2 heterocycles. The fourth-order valence-corrected chi connectivity index (χ4v) is 2.57. The summed E-state index contributed by atoms with van der Waals surface area (Å²) in [6.07, 6.45) is 0. The van der Waals surface area contributed by atoms with Gasteiger partial charge in [-0.25, -0.2) is 0 Å². The zero-order chi connectivity index (χ0) is 13.4. The molecule has 96 valence electrons. The fourth-order valence-electron chi connectivity index (χ4n) is 2.57. The number of nitrogens with zero attached hydrogens (tertiary/aromatic N) is 3. The van der Waals surface area contributed by atoms with Crippen LogP contribution in [0.1, 0.15) is 22.6 Å². The lowest BCUT2D eigenvalue weighted by atomic mass is 10.2. The molecular formula is C16H17N3. The lowest BCUT2D eigenvalue weighted by Gasteiger charge is -2.05. The molecule has 1 aromatic carbocycles. The van der Waals surface area contributed by atoms with Crippen LogP contribution in [0.2, 0.25) is 0 Å². The van der Waals surface area contributed by atoms with Gasteiger partial charge in [-0.1, -0.05) is 18.2 Å². The van der Waals surface area contributed by atoms with Crippen molar-refractivity contribution in [1.82, 2.24) is 14.8 Å². The van der Waals surface area contributed by atoms with Crippen molar-refractivity contribution >= 4 is 10.9 Å². The van der Waals surface area contributed by atoms with E-state index in [0.717, 1.165) is 23.6 Å². The maximum atomic E-state index is 4.62. The normalized spacial score (nSPS) is 11.1. The standard InChI is InChI=1S/C16H17N3/c1-11-8-12(2)17-14(9-11)10-19-16-7-5-4-6-15(16)13(3)18-19/h4-9H,10H2,1-3H3. The molecule has 0 bridgehead atoms. The zero-order valence-corrected chi connectivity index (χ0v) is 11.5. The van der Waals surface area contributed by atoms with Gasteiger partial charge in [0.15, 0.2) is 0 Å². The third-order valence-corrected chi connectivity index (χ3v) is 3.31. The quantitative estimate of drug-likeness (QED) is 0.699. The van der Waals surface area contributed by atoms with Crippen LogP contribution in [0, 0.1) is 20.8 Å². The van der Waals surface area contributed by atoms with E-state index in [0.29, 0.717) is 0 Å². The average molecular weight is 251 g/mol. The second kappa shape index (κ2) is 4.50. The average Bonchev–Trinajstić information content (AvgIpc) is 2.66. The van der Waals surface area contributed by atoms with Crippen LogP contribution in [-0.2, 0) is 6.54 Å². The van der Waals surface area contributed by atoms with E-state index in [1.54, 1.807) is 0 Å². The van der Waals surface area contributed by atoms with Gasteiger partial charge in [-0.2, -0.15) is 5.10 Å². The molecule has 3 rings (SSSR count). The predicted molar refractivity (Wildman–Crippen MR) is 77.3 cm³/mol. The van der Waals surface area contributed by atoms with Crippen LogP contribution >= 0.6 is 0 Å². The molecule has 0 spiro atoms. The summed E-state index contributed by atoms with van der Waals surface area (Å²) in [5, 5.41) is 5.84. The molecule has 0 N–H and O–H groups in total. The fraction of sp³-hybridized carbons (Fsp3) is 0.250. The third kappa shape index (κ3) is 2.24. The summed E-state index contributed by atoms with van der Waals surface area (Å²) in [5.74, 6) is 0. The number of hydrogen-bond donors (Lipinski definition) is 0. The number of pyridine rings is 1. The van der Waals surface area contributed by atoms with Crippen LogP contribution in [-0.4, -0.2) is 14.8 Å². The van der Waals surface area contributed by atoms with Gasteiger partial charge in [-0.3, -0.25) is 9.67 Å². The topological polar surface area (TPSA) is 30.7 Å². The first kappa shape index (κ1) is 11.9. The molecule has 19 heavy (non-hydrogen) atoms. The molecule has 0 fully saturated rings. The van der Waals surface area contributed by atoms with E-state index < -0.39 is 0 Å².